The number of aromatic nitrogens is 1. The Kier molecular flexibility index (Phi) is 7.98. The van der Waals surface area contributed by atoms with Crippen LogP contribution in [-0.4, -0.2) is 29.0 Å². The molecule has 0 bridgehead atoms. The molecule has 1 heterocycles. The number of imide groups is 1. The number of benzene rings is 1. The molecule has 0 radical (unpaired) electrons. The van der Waals surface area contributed by atoms with Crippen molar-refractivity contribution in [2.75, 3.05) is 12.4 Å². The molecular formula is C19H22N2O3S. The molecule has 2 amide bonds. The monoisotopic (exact) mass is 358 g/mol. The zero-order valence-electron chi connectivity index (χ0n) is 14.2. The van der Waals surface area contributed by atoms with Gasteiger partial charge in [-0.3, -0.25) is 19.9 Å². The van der Waals surface area contributed by atoms with Crippen molar-refractivity contribution in [1.82, 2.24) is 10.3 Å². The average molecular weight is 358 g/mol. The Morgan fingerprint density at radius 1 is 1.16 bits per heavy atom. The summed E-state index contributed by atoms with van der Waals surface area (Å²) < 4.78 is 5.75. The predicted octanol–water partition coefficient (Wildman–Crippen LogP) is 3.41. The van der Waals surface area contributed by atoms with Crippen LogP contribution in [0.4, 0.5) is 4.79 Å². The summed E-state index contributed by atoms with van der Waals surface area (Å²) >= 11 is 1.09. The van der Waals surface area contributed by atoms with Crippen LogP contribution in [-0.2, 0) is 24.1 Å². The summed E-state index contributed by atoms with van der Waals surface area (Å²) in [5.41, 5.74) is 3.39. The van der Waals surface area contributed by atoms with Crippen molar-refractivity contribution >= 4 is 23.4 Å². The van der Waals surface area contributed by atoms with Crippen molar-refractivity contribution < 1.29 is 14.3 Å². The van der Waals surface area contributed by atoms with E-state index in [1.54, 1.807) is 0 Å². The minimum absolute atomic E-state index is 0.324. The maximum absolute atomic E-state index is 11.2. The Morgan fingerprint density at radius 3 is 2.56 bits per heavy atom. The number of amides is 2. The topological polar surface area (TPSA) is 68.3 Å². The van der Waals surface area contributed by atoms with Crippen LogP contribution >= 0.6 is 11.8 Å². The van der Waals surface area contributed by atoms with Crippen molar-refractivity contribution in [3.63, 3.8) is 0 Å². The fourth-order valence-electron chi connectivity index (χ4n) is 2.19. The highest BCUT2D eigenvalue weighted by atomic mass is 32.2. The molecule has 1 aromatic heterocycles. The van der Waals surface area contributed by atoms with Gasteiger partial charge in [0.1, 0.15) is 5.75 Å². The van der Waals surface area contributed by atoms with Gasteiger partial charge >= 0.3 is 0 Å². The lowest BCUT2D eigenvalue weighted by Gasteiger charge is -2.07. The third kappa shape index (κ3) is 6.97. The van der Waals surface area contributed by atoms with Gasteiger partial charge in [-0.25, -0.2) is 0 Å². The second-order valence-corrected chi connectivity index (χ2v) is 6.47. The normalized spacial score (nSPS) is 10.3. The lowest BCUT2D eigenvalue weighted by molar-refractivity contribution is -0.108. The molecule has 0 atom stereocenters. The minimum atomic E-state index is -0.324. The number of carbonyl (C=O) groups excluding carboxylic acids is 2. The molecule has 5 nitrogen and oxygen atoms in total. The summed E-state index contributed by atoms with van der Waals surface area (Å²) in [6.45, 7) is 2.70. The van der Waals surface area contributed by atoms with Crippen LogP contribution in [0.15, 0.2) is 42.6 Å². The molecule has 6 heteroatoms. The van der Waals surface area contributed by atoms with Gasteiger partial charge in [0.15, 0.2) is 0 Å². The van der Waals surface area contributed by atoms with Crippen LogP contribution in [0.2, 0.25) is 0 Å². The van der Waals surface area contributed by atoms with E-state index in [1.165, 1.54) is 5.56 Å². The molecule has 0 fully saturated rings. The largest absolute Gasteiger partial charge is 0.493 e. The number of carbonyl (C=O) groups is 2. The standard InChI is InChI=1S/C19H22N2O3S/c1-2-15-3-6-17(20-13-15)9-11-24-18-7-4-16(5-8-18)10-12-25-19(23)21-14-22/h3-8,13-14H,2,9-12H2,1H3,(H,21,22,23). The third-order valence-corrected chi connectivity index (χ3v) is 4.43. The first-order valence-electron chi connectivity index (χ1n) is 8.23. The molecule has 0 aliphatic rings. The van der Waals surface area contributed by atoms with Gasteiger partial charge in [0.25, 0.3) is 5.24 Å². The van der Waals surface area contributed by atoms with E-state index < -0.39 is 0 Å². The summed E-state index contributed by atoms with van der Waals surface area (Å²) in [4.78, 5) is 25.7. The number of thioether (sulfide) groups is 1. The van der Waals surface area contributed by atoms with Crippen molar-refractivity contribution in [2.24, 2.45) is 0 Å². The molecule has 0 aliphatic heterocycles. The number of rotatable bonds is 9. The van der Waals surface area contributed by atoms with E-state index in [4.69, 9.17) is 4.74 Å². The van der Waals surface area contributed by atoms with Gasteiger partial charge in [-0.15, -0.1) is 0 Å². The first kappa shape index (κ1) is 19.0. The van der Waals surface area contributed by atoms with E-state index in [9.17, 15) is 9.59 Å². The predicted molar refractivity (Wildman–Crippen MR) is 100 cm³/mol. The highest BCUT2D eigenvalue weighted by Gasteiger charge is 2.02. The van der Waals surface area contributed by atoms with Crippen LogP contribution in [0.1, 0.15) is 23.7 Å². The molecule has 132 valence electrons. The first-order valence-corrected chi connectivity index (χ1v) is 9.22. The Bertz CT molecular complexity index is 672. The number of nitrogens with zero attached hydrogens (tertiary/aromatic N) is 1. The number of ether oxygens (including phenoxy) is 1. The highest BCUT2D eigenvalue weighted by molar-refractivity contribution is 8.13. The summed E-state index contributed by atoms with van der Waals surface area (Å²) in [5, 5.41) is 1.78. The van der Waals surface area contributed by atoms with Crippen molar-refractivity contribution in [3.8, 4) is 5.75 Å². The molecular weight excluding hydrogens is 336 g/mol. The van der Waals surface area contributed by atoms with E-state index in [1.807, 2.05) is 36.5 Å². The molecule has 0 saturated carbocycles. The zero-order chi connectivity index (χ0) is 17.9. The van der Waals surface area contributed by atoms with Crippen LogP contribution in [0.25, 0.3) is 0 Å². The Hall–Kier alpha value is -2.34. The lowest BCUT2D eigenvalue weighted by atomic mass is 10.2. The van der Waals surface area contributed by atoms with Gasteiger partial charge in [-0.1, -0.05) is 36.9 Å². The molecule has 0 saturated heterocycles. The lowest BCUT2D eigenvalue weighted by Crippen LogP contribution is -2.16. The van der Waals surface area contributed by atoms with Gasteiger partial charge < -0.3 is 4.74 Å². The van der Waals surface area contributed by atoms with E-state index in [0.29, 0.717) is 18.8 Å². The fourth-order valence-corrected chi connectivity index (χ4v) is 2.84. The number of hydrogen-bond acceptors (Lipinski definition) is 5. The summed E-state index contributed by atoms with van der Waals surface area (Å²) in [6, 6.07) is 12.0. The number of nitrogens with one attached hydrogen (secondary N) is 1. The van der Waals surface area contributed by atoms with Gasteiger partial charge in [-0.2, -0.15) is 0 Å². The van der Waals surface area contributed by atoms with E-state index in [0.717, 1.165) is 48.0 Å². The van der Waals surface area contributed by atoms with Gasteiger partial charge in [0.05, 0.1) is 6.61 Å². The average Bonchev–Trinajstić information content (AvgIpc) is 2.64. The summed E-state index contributed by atoms with van der Waals surface area (Å²) in [5.74, 6) is 1.44. The number of hydrogen-bond donors (Lipinski definition) is 1. The van der Waals surface area contributed by atoms with Crippen LogP contribution in [0.3, 0.4) is 0 Å². The second-order valence-electron chi connectivity index (χ2n) is 5.40. The van der Waals surface area contributed by atoms with Crippen LogP contribution in [0, 0.1) is 0 Å². The fraction of sp³-hybridized carbons (Fsp3) is 0.316. The first-order chi connectivity index (χ1) is 12.2. The number of pyridine rings is 1. The molecule has 2 aromatic rings. The molecule has 0 unspecified atom stereocenters. The Morgan fingerprint density at radius 2 is 1.92 bits per heavy atom. The van der Waals surface area contributed by atoms with E-state index in [-0.39, 0.29) is 5.24 Å². The quantitative estimate of drug-likeness (QED) is 0.696. The zero-order valence-corrected chi connectivity index (χ0v) is 15.1. The molecule has 2 rings (SSSR count). The van der Waals surface area contributed by atoms with Crippen LogP contribution < -0.4 is 10.1 Å². The van der Waals surface area contributed by atoms with Gasteiger partial charge in [0.2, 0.25) is 6.41 Å². The molecule has 1 N–H and O–H groups in total. The Labute approximate surface area is 152 Å². The highest BCUT2D eigenvalue weighted by Crippen LogP contribution is 2.15. The van der Waals surface area contributed by atoms with Gasteiger partial charge in [0, 0.05) is 24.1 Å². The van der Waals surface area contributed by atoms with E-state index in [2.05, 4.69) is 23.3 Å². The maximum Gasteiger partial charge on any atom is 0.285 e. The SMILES string of the molecule is CCc1ccc(CCOc2ccc(CCSC(=O)NC=O)cc2)nc1. The molecule has 1 aromatic carbocycles. The van der Waals surface area contributed by atoms with E-state index >= 15 is 0 Å². The number of aryl methyl sites for hydroxylation is 2. The van der Waals surface area contributed by atoms with Crippen molar-refractivity contribution in [3.05, 3.63) is 59.4 Å². The minimum Gasteiger partial charge on any atom is -0.493 e. The van der Waals surface area contributed by atoms with Crippen molar-refractivity contribution in [1.29, 1.82) is 0 Å². The molecule has 25 heavy (non-hydrogen) atoms. The summed E-state index contributed by atoms with van der Waals surface area (Å²) in [6.07, 6.45) is 4.84. The molecule has 0 spiro atoms. The Balaban J connectivity index is 1.70. The third-order valence-electron chi connectivity index (χ3n) is 3.65. The van der Waals surface area contributed by atoms with Crippen LogP contribution in [0.5, 0.6) is 5.75 Å². The maximum atomic E-state index is 11.2. The van der Waals surface area contributed by atoms with Crippen molar-refractivity contribution in [2.45, 2.75) is 26.2 Å². The summed E-state index contributed by atoms with van der Waals surface area (Å²) in [7, 11) is 0. The molecule has 0 aliphatic carbocycles. The smallest absolute Gasteiger partial charge is 0.285 e. The second kappa shape index (κ2) is 10.5. The van der Waals surface area contributed by atoms with Gasteiger partial charge in [-0.05, 0) is 42.2 Å².